The summed E-state index contributed by atoms with van der Waals surface area (Å²) in [7, 11) is 0. The second kappa shape index (κ2) is 13.0. The fraction of sp³-hybridized carbons (Fsp3) is 0.600. The second-order valence-corrected chi connectivity index (χ2v) is 6.55. The fourth-order valence-corrected chi connectivity index (χ4v) is 2.56. The Morgan fingerprint density at radius 3 is 2.67 bits per heavy atom. The molecular weight excluding hydrogens is 344 g/mol. The van der Waals surface area contributed by atoms with E-state index in [0.717, 1.165) is 37.6 Å². The highest BCUT2D eigenvalue weighted by molar-refractivity contribution is 5.79. The Labute approximate surface area is 162 Å². The number of hydrogen-bond acceptors (Lipinski definition) is 4. The van der Waals surface area contributed by atoms with Gasteiger partial charge in [-0.15, -0.1) is 0 Å². The molecule has 7 heteroatoms. The van der Waals surface area contributed by atoms with Crippen LogP contribution in [0.15, 0.2) is 29.3 Å². The van der Waals surface area contributed by atoms with Crippen LogP contribution in [0.25, 0.3) is 0 Å². The molecule has 0 heterocycles. The van der Waals surface area contributed by atoms with Crippen LogP contribution in [-0.2, 0) is 16.1 Å². The number of hydrogen-bond donors (Lipinski definition) is 3. The highest BCUT2D eigenvalue weighted by Crippen LogP contribution is 2.14. The maximum atomic E-state index is 10.8. The van der Waals surface area contributed by atoms with Crippen LogP contribution in [0.3, 0.4) is 0 Å². The average molecular weight is 379 g/mol. The number of nitrogens with zero attached hydrogens (tertiary/aromatic N) is 1. The number of rotatable bonds is 12. The topological polar surface area (TPSA) is 98.0 Å². The quantitative estimate of drug-likeness (QED) is 0.382. The third-order valence-corrected chi connectivity index (χ3v) is 3.89. The van der Waals surface area contributed by atoms with Crippen molar-refractivity contribution in [1.29, 1.82) is 0 Å². The molecule has 0 spiro atoms. The van der Waals surface area contributed by atoms with Crippen LogP contribution in [-0.4, -0.2) is 44.3 Å². The summed E-state index contributed by atoms with van der Waals surface area (Å²) in [5, 5.41) is 6.60. The lowest BCUT2D eigenvalue weighted by atomic mass is 10.0. The molecular formula is C20H34N4O3. The van der Waals surface area contributed by atoms with E-state index in [-0.39, 0.29) is 12.7 Å². The van der Waals surface area contributed by atoms with Gasteiger partial charge in [0, 0.05) is 19.7 Å². The normalized spacial score (nSPS) is 12.7. The van der Waals surface area contributed by atoms with Gasteiger partial charge in [0.2, 0.25) is 0 Å². The van der Waals surface area contributed by atoms with E-state index in [1.807, 2.05) is 32.0 Å². The van der Waals surface area contributed by atoms with E-state index in [1.54, 1.807) is 6.07 Å². The molecule has 0 aromatic heterocycles. The third kappa shape index (κ3) is 9.84. The minimum Gasteiger partial charge on any atom is -0.484 e. The van der Waals surface area contributed by atoms with E-state index in [9.17, 15) is 4.79 Å². The van der Waals surface area contributed by atoms with Gasteiger partial charge in [-0.05, 0) is 43.9 Å². The van der Waals surface area contributed by atoms with Gasteiger partial charge >= 0.3 is 0 Å². The maximum Gasteiger partial charge on any atom is 0.255 e. The van der Waals surface area contributed by atoms with Gasteiger partial charge in [-0.3, -0.25) is 4.79 Å². The minimum atomic E-state index is -0.496. The first-order valence-corrected chi connectivity index (χ1v) is 9.60. The van der Waals surface area contributed by atoms with Crippen molar-refractivity contribution in [3.63, 3.8) is 0 Å². The Morgan fingerprint density at radius 2 is 2.04 bits per heavy atom. The first-order chi connectivity index (χ1) is 13.0. The number of carbonyl (C=O) groups is 1. The van der Waals surface area contributed by atoms with Gasteiger partial charge in [0.15, 0.2) is 12.6 Å². The average Bonchev–Trinajstić information content (AvgIpc) is 2.64. The first kappa shape index (κ1) is 22.8. The molecule has 0 aliphatic rings. The summed E-state index contributed by atoms with van der Waals surface area (Å²) in [5.41, 5.74) is 6.09. The number of primary amides is 1. The van der Waals surface area contributed by atoms with E-state index in [1.165, 1.54) is 0 Å². The Balaban J connectivity index is 2.60. The SMILES string of the molecule is CCNC(=NCc1cccc(OCC(N)=O)c1)NCCC(OCC)C(C)C. The van der Waals surface area contributed by atoms with Crippen LogP contribution >= 0.6 is 0 Å². The zero-order chi connectivity index (χ0) is 20.1. The number of nitrogens with one attached hydrogen (secondary N) is 2. The summed E-state index contributed by atoms with van der Waals surface area (Å²) < 4.78 is 11.1. The zero-order valence-corrected chi connectivity index (χ0v) is 17.0. The molecule has 0 saturated carbocycles. The predicted molar refractivity (Wildman–Crippen MR) is 109 cm³/mol. The summed E-state index contributed by atoms with van der Waals surface area (Å²) in [5.74, 6) is 1.36. The monoisotopic (exact) mass is 378 g/mol. The maximum absolute atomic E-state index is 10.8. The smallest absolute Gasteiger partial charge is 0.255 e. The lowest BCUT2D eigenvalue weighted by molar-refractivity contribution is -0.119. The van der Waals surface area contributed by atoms with Crippen molar-refractivity contribution in [2.45, 2.75) is 46.8 Å². The number of carbonyl (C=O) groups excluding carboxylic acids is 1. The van der Waals surface area contributed by atoms with E-state index < -0.39 is 5.91 Å². The molecule has 0 radical (unpaired) electrons. The molecule has 0 fully saturated rings. The molecule has 152 valence electrons. The van der Waals surface area contributed by atoms with Crippen LogP contribution in [0.4, 0.5) is 0 Å². The van der Waals surface area contributed by atoms with Gasteiger partial charge in [-0.2, -0.15) is 0 Å². The second-order valence-electron chi connectivity index (χ2n) is 6.55. The molecule has 1 amide bonds. The van der Waals surface area contributed by atoms with Crippen LogP contribution < -0.4 is 21.1 Å². The minimum absolute atomic E-state index is 0.131. The third-order valence-electron chi connectivity index (χ3n) is 3.89. The van der Waals surface area contributed by atoms with E-state index in [0.29, 0.717) is 18.2 Å². The number of nitrogens with two attached hydrogens (primary N) is 1. The number of amides is 1. The Morgan fingerprint density at radius 1 is 1.26 bits per heavy atom. The molecule has 0 saturated heterocycles. The standard InChI is InChI=1S/C20H34N4O3/c1-5-22-20(23-11-10-18(15(3)4)26-6-2)24-13-16-8-7-9-17(12-16)27-14-19(21)25/h7-9,12,15,18H,5-6,10-11,13-14H2,1-4H3,(H2,21,25)(H2,22,23,24). The van der Waals surface area contributed by atoms with Crippen molar-refractivity contribution in [2.24, 2.45) is 16.6 Å². The largest absolute Gasteiger partial charge is 0.484 e. The summed E-state index contributed by atoms with van der Waals surface area (Å²) in [4.78, 5) is 15.4. The van der Waals surface area contributed by atoms with Gasteiger partial charge in [0.05, 0.1) is 12.6 Å². The Kier molecular flexibility index (Phi) is 10.9. The molecule has 7 nitrogen and oxygen atoms in total. The van der Waals surface area contributed by atoms with Crippen molar-refractivity contribution in [1.82, 2.24) is 10.6 Å². The number of aliphatic imine (C=N–C) groups is 1. The van der Waals surface area contributed by atoms with Gasteiger partial charge in [-0.1, -0.05) is 26.0 Å². The molecule has 0 bridgehead atoms. The zero-order valence-electron chi connectivity index (χ0n) is 17.0. The number of guanidine groups is 1. The number of ether oxygens (including phenoxy) is 2. The van der Waals surface area contributed by atoms with Crippen LogP contribution in [0, 0.1) is 5.92 Å². The van der Waals surface area contributed by atoms with Gasteiger partial charge in [0.25, 0.3) is 5.91 Å². The van der Waals surface area contributed by atoms with Gasteiger partial charge in [0.1, 0.15) is 5.75 Å². The Hall–Kier alpha value is -2.28. The molecule has 1 atom stereocenters. The van der Waals surface area contributed by atoms with Crippen LogP contribution in [0.5, 0.6) is 5.75 Å². The van der Waals surface area contributed by atoms with Crippen molar-refractivity contribution in [3.05, 3.63) is 29.8 Å². The van der Waals surface area contributed by atoms with E-state index >= 15 is 0 Å². The van der Waals surface area contributed by atoms with Crippen LogP contribution in [0.1, 0.15) is 39.7 Å². The molecule has 0 aliphatic heterocycles. The Bertz CT molecular complexity index is 590. The molecule has 27 heavy (non-hydrogen) atoms. The first-order valence-electron chi connectivity index (χ1n) is 9.60. The van der Waals surface area contributed by atoms with E-state index in [4.69, 9.17) is 15.2 Å². The summed E-state index contributed by atoms with van der Waals surface area (Å²) in [6.45, 7) is 11.1. The van der Waals surface area contributed by atoms with Crippen molar-refractivity contribution in [2.75, 3.05) is 26.3 Å². The molecule has 4 N–H and O–H groups in total. The summed E-state index contributed by atoms with van der Waals surface area (Å²) in [6.07, 6.45) is 1.16. The fourth-order valence-electron chi connectivity index (χ4n) is 2.56. The molecule has 1 unspecified atom stereocenters. The predicted octanol–water partition coefficient (Wildman–Crippen LogP) is 2.06. The van der Waals surface area contributed by atoms with Crippen molar-refractivity contribution in [3.8, 4) is 5.75 Å². The molecule has 1 aromatic carbocycles. The van der Waals surface area contributed by atoms with Gasteiger partial charge < -0.3 is 25.8 Å². The highest BCUT2D eigenvalue weighted by atomic mass is 16.5. The molecule has 1 aromatic rings. The lowest BCUT2D eigenvalue weighted by Crippen LogP contribution is -2.39. The highest BCUT2D eigenvalue weighted by Gasteiger charge is 2.13. The van der Waals surface area contributed by atoms with E-state index in [2.05, 4.69) is 29.5 Å². The number of benzene rings is 1. The molecule has 1 rings (SSSR count). The van der Waals surface area contributed by atoms with Crippen LogP contribution in [0.2, 0.25) is 0 Å². The van der Waals surface area contributed by atoms with Gasteiger partial charge in [-0.25, -0.2) is 4.99 Å². The van der Waals surface area contributed by atoms with Crippen molar-refractivity contribution < 1.29 is 14.3 Å². The summed E-state index contributed by atoms with van der Waals surface area (Å²) in [6, 6.07) is 7.49. The lowest BCUT2D eigenvalue weighted by Gasteiger charge is -2.21. The molecule has 0 aliphatic carbocycles. The van der Waals surface area contributed by atoms with Crippen molar-refractivity contribution >= 4 is 11.9 Å². The summed E-state index contributed by atoms with van der Waals surface area (Å²) >= 11 is 0.